The van der Waals surface area contributed by atoms with Gasteiger partial charge in [0.05, 0.1) is 12.2 Å². The number of aromatic nitrogens is 2. The monoisotopic (exact) mass is 382 g/mol. The first-order valence-electron chi connectivity index (χ1n) is 8.47. The summed E-state index contributed by atoms with van der Waals surface area (Å²) in [5, 5.41) is 4.61. The molecule has 1 saturated heterocycles. The van der Waals surface area contributed by atoms with Crippen molar-refractivity contribution in [3.8, 4) is 0 Å². The number of urea groups is 1. The third-order valence-electron chi connectivity index (χ3n) is 4.85. The molecule has 0 bridgehead atoms. The highest BCUT2D eigenvalue weighted by molar-refractivity contribution is 7.15. The summed E-state index contributed by atoms with van der Waals surface area (Å²) in [6.07, 6.45) is 0. The fourth-order valence-electron chi connectivity index (χ4n) is 3.27. The van der Waals surface area contributed by atoms with E-state index in [-0.39, 0.29) is 18.0 Å². The number of thiazole rings is 1. The third-order valence-corrected chi connectivity index (χ3v) is 5.80. The predicted molar refractivity (Wildman–Crippen MR) is 102 cm³/mol. The van der Waals surface area contributed by atoms with Crippen LogP contribution < -0.4 is 10.9 Å². The largest absolute Gasteiger partial charge is 0.325 e. The van der Waals surface area contributed by atoms with Crippen LogP contribution in [0.1, 0.15) is 29.4 Å². The van der Waals surface area contributed by atoms with E-state index >= 15 is 0 Å². The maximum Gasteiger partial charge on any atom is 0.325 e. The van der Waals surface area contributed by atoms with Gasteiger partial charge in [0.2, 0.25) is 0 Å². The van der Waals surface area contributed by atoms with E-state index in [1.54, 1.807) is 6.92 Å². The molecule has 1 aliphatic rings. The predicted octanol–water partition coefficient (Wildman–Crippen LogP) is 2.34. The number of carbonyl (C=O) groups excluding carboxylic acids is 2. The molecule has 0 radical (unpaired) electrons. The molecule has 3 heterocycles. The summed E-state index contributed by atoms with van der Waals surface area (Å²) in [6.45, 7) is 5.43. The standard InChI is InChI=1S/C19H18N4O3S/c1-11-4-6-13(7-5-11)19(3)16(25)22(17(26)21-19)9-14-8-15(24)23-12(2)10-27-18(23)20-14/h4-8,10H,9H2,1-3H3,(H,21,26)/t19-/m1/s1. The highest BCUT2D eigenvalue weighted by Gasteiger charge is 2.49. The Morgan fingerprint density at radius 2 is 1.85 bits per heavy atom. The Labute approximate surface area is 159 Å². The maximum atomic E-state index is 13.0. The lowest BCUT2D eigenvalue weighted by Gasteiger charge is -2.22. The van der Waals surface area contributed by atoms with Crippen LogP contribution in [-0.4, -0.2) is 26.2 Å². The molecule has 1 aliphatic heterocycles. The van der Waals surface area contributed by atoms with Crippen molar-refractivity contribution in [1.29, 1.82) is 0 Å². The summed E-state index contributed by atoms with van der Waals surface area (Å²) < 4.78 is 1.51. The molecule has 2 aromatic heterocycles. The fraction of sp³-hybridized carbons (Fsp3) is 0.263. The minimum absolute atomic E-state index is 0.0468. The highest BCUT2D eigenvalue weighted by atomic mass is 32.1. The van der Waals surface area contributed by atoms with Gasteiger partial charge in [-0.2, -0.15) is 0 Å². The number of nitrogens with one attached hydrogen (secondary N) is 1. The summed E-state index contributed by atoms with van der Waals surface area (Å²) in [5.74, 6) is -0.360. The van der Waals surface area contributed by atoms with Gasteiger partial charge in [-0.25, -0.2) is 9.78 Å². The molecule has 4 rings (SSSR count). The van der Waals surface area contributed by atoms with Crippen LogP contribution in [0.4, 0.5) is 4.79 Å². The van der Waals surface area contributed by atoms with Crippen molar-refractivity contribution in [2.75, 3.05) is 0 Å². The van der Waals surface area contributed by atoms with Crippen LogP contribution in [0.3, 0.4) is 0 Å². The highest BCUT2D eigenvalue weighted by Crippen LogP contribution is 2.29. The minimum Gasteiger partial charge on any atom is -0.319 e. The summed E-state index contributed by atoms with van der Waals surface area (Å²) in [6, 6.07) is 8.35. The average molecular weight is 382 g/mol. The van der Waals surface area contributed by atoms with Gasteiger partial charge in [0.25, 0.3) is 11.5 Å². The molecule has 27 heavy (non-hydrogen) atoms. The number of carbonyl (C=O) groups is 2. The lowest BCUT2D eigenvalue weighted by atomic mass is 9.91. The molecular formula is C19H18N4O3S. The van der Waals surface area contributed by atoms with Gasteiger partial charge >= 0.3 is 6.03 Å². The molecule has 1 fully saturated rings. The molecule has 3 amide bonds. The average Bonchev–Trinajstić information content (AvgIpc) is 3.09. The summed E-state index contributed by atoms with van der Waals surface area (Å²) in [5.41, 5.74) is 1.62. The van der Waals surface area contributed by atoms with Crippen LogP contribution in [0.2, 0.25) is 0 Å². The Morgan fingerprint density at radius 3 is 2.56 bits per heavy atom. The third kappa shape index (κ3) is 2.73. The first kappa shape index (κ1) is 17.4. The Morgan fingerprint density at radius 1 is 1.15 bits per heavy atom. The minimum atomic E-state index is -1.14. The second-order valence-corrected chi connectivity index (χ2v) is 7.73. The van der Waals surface area contributed by atoms with Gasteiger partial charge in [-0.1, -0.05) is 29.8 Å². The fourth-order valence-corrected chi connectivity index (χ4v) is 4.16. The van der Waals surface area contributed by atoms with Crippen LogP contribution in [-0.2, 0) is 16.9 Å². The first-order valence-corrected chi connectivity index (χ1v) is 9.35. The van der Waals surface area contributed by atoms with Crippen LogP contribution in [0, 0.1) is 13.8 Å². The molecule has 138 valence electrons. The summed E-state index contributed by atoms with van der Waals surface area (Å²) in [4.78, 5) is 43.9. The van der Waals surface area contributed by atoms with Crippen LogP contribution >= 0.6 is 11.3 Å². The van der Waals surface area contributed by atoms with Gasteiger partial charge in [0.15, 0.2) is 4.96 Å². The van der Waals surface area contributed by atoms with E-state index in [2.05, 4.69) is 10.3 Å². The van der Waals surface area contributed by atoms with E-state index < -0.39 is 11.6 Å². The molecule has 0 saturated carbocycles. The zero-order chi connectivity index (χ0) is 19.3. The molecular weight excluding hydrogens is 364 g/mol. The zero-order valence-electron chi connectivity index (χ0n) is 15.1. The van der Waals surface area contributed by atoms with Crippen molar-refractivity contribution >= 4 is 28.2 Å². The molecule has 7 nitrogen and oxygen atoms in total. The smallest absolute Gasteiger partial charge is 0.319 e. The number of amides is 3. The molecule has 8 heteroatoms. The number of hydrogen-bond acceptors (Lipinski definition) is 5. The Hall–Kier alpha value is -3.00. The number of fused-ring (bicyclic) bond motifs is 1. The van der Waals surface area contributed by atoms with Crippen molar-refractivity contribution in [1.82, 2.24) is 19.6 Å². The Kier molecular flexibility index (Phi) is 3.88. The van der Waals surface area contributed by atoms with Gasteiger partial charge in [-0.05, 0) is 26.3 Å². The lowest BCUT2D eigenvalue weighted by Crippen LogP contribution is -2.40. The molecule has 1 N–H and O–H groups in total. The van der Waals surface area contributed by atoms with Crippen molar-refractivity contribution < 1.29 is 9.59 Å². The summed E-state index contributed by atoms with van der Waals surface area (Å²) >= 11 is 1.35. The lowest BCUT2D eigenvalue weighted by molar-refractivity contribution is -0.131. The van der Waals surface area contributed by atoms with Gasteiger partial charge in [0.1, 0.15) is 5.54 Å². The maximum absolute atomic E-state index is 13.0. The summed E-state index contributed by atoms with van der Waals surface area (Å²) in [7, 11) is 0. The number of benzene rings is 1. The molecule has 0 spiro atoms. The number of nitrogens with zero attached hydrogens (tertiary/aromatic N) is 3. The number of imide groups is 1. The Bertz CT molecular complexity index is 1130. The Balaban J connectivity index is 1.67. The van der Waals surface area contributed by atoms with E-state index in [1.165, 1.54) is 21.8 Å². The SMILES string of the molecule is Cc1ccc([C@@]2(C)NC(=O)N(Cc3cc(=O)n4c(C)csc4n3)C2=O)cc1. The van der Waals surface area contributed by atoms with E-state index in [4.69, 9.17) is 0 Å². The second-order valence-electron chi connectivity index (χ2n) is 6.89. The molecule has 0 aliphatic carbocycles. The second kappa shape index (κ2) is 6.02. The molecule has 1 atom stereocenters. The van der Waals surface area contributed by atoms with Crippen molar-refractivity contribution in [2.24, 2.45) is 0 Å². The number of rotatable bonds is 3. The van der Waals surface area contributed by atoms with E-state index in [0.717, 1.165) is 16.2 Å². The van der Waals surface area contributed by atoms with Gasteiger partial charge in [-0.15, -0.1) is 11.3 Å². The van der Waals surface area contributed by atoms with Crippen LogP contribution in [0.25, 0.3) is 4.96 Å². The topological polar surface area (TPSA) is 83.8 Å². The molecule has 1 aromatic carbocycles. The molecule has 0 unspecified atom stereocenters. The number of hydrogen-bond donors (Lipinski definition) is 1. The normalized spacial score (nSPS) is 19.7. The van der Waals surface area contributed by atoms with Gasteiger partial charge in [-0.3, -0.25) is 18.9 Å². The quantitative estimate of drug-likeness (QED) is 0.705. The van der Waals surface area contributed by atoms with E-state index in [0.29, 0.717) is 16.2 Å². The number of aryl methyl sites for hydroxylation is 2. The van der Waals surface area contributed by atoms with E-state index in [9.17, 15) is 14.4 Å². The van der Waals surface area contributed by atoms with Gasteiger partial charge in [0, 0.05) is 17.1 Å². The van der Waals surface area contributed by atoms with Crippen LogP contribution in [0.15, 0.2) is 40.5 Å². The van der Waals surface area contributed by atoms with Crippen molar-refractivity contribution in [3.63, 3.8) is 0 Å². The van der Waals surface area contributed by atoms with Crippen molar-refractivity contribution in [2.45, 2.75) is 32.9 Å². The zero-order valence-corrected chi connectivity index (χ0v) is 16.0. The van der Waals surface area contributed by atoms with Crippen LogP contribution in [0.5, 0.6) is 0 Å². The molecule has 3 aromatic rings. The van der Waals surface area contributed by atoms with Gasteiger partial charge < -0.3 is 5.32 Å². The van der Waals surface area contributed by atoms with Crippen molar-refractivity contribution in [3.05, 3.63) is 68.6 Å². The van der Waals surface area contributed by atoms with E-state index in [1.807, 2.05) is 43.5 Å². The first-order chi connectivity index (χ1) is 12.8.